The van der Waals surface area contributed by atoms with Gasteiger partial charge in [0.1, 0.15) is 0 Å². The molecule has 0 aliphatic carbocycles. The Labute approximate surface area is 170 Å². The maximum absolute atomic E-state index is 13.3. The number of amides is 1. The van der Waals surface area contributed by atoms with E-state index in [1.165, 1.54) is 25.0 Å². The highest BCUT2D eigenvalue weighted by Crippen LogP contribution is 2.22. The van der Waals surface area contributed by atoms with Crippen LogP contribution in [0, 0.1) is 22.0 Å². The first-order valence-electron chi connectivity index (χ1n) is 11.0. The predicted molar refractivity (Wildman–Crippen MR) is 116 cm³/mol. The molecule has 0 fully saturated rings. The summed E-state index contributed by atoms with van der Waals surface area (Å²) in [7, 11) is 0. The lowest BCUT2D eigenvalue weighted by atomic mass is 9.95. The van der Waals surface area contributed by atoms with Gasteiger partial charge in [-0.1, -0.05) is 72.3 Å². The van der Waals surface area contributed by atoms with Crippen LogP contribution in [0.1, 0.15) is 89.4 Å². The lowest BCUT2D eigenvalue weighted by Gasteiger charge is -2.31. The van der Waals surface area contributed by atoms with Crippen molar-refractivity contribution < 1.29 is 9.72 Å². The number of nitro groups is 1. The van der Waals surface area contributed by atoms with Crippen molar-refractivity contribution in [1.29, 1.82) is 0 Å². The summed E-state index contributed by atoms with van der Waals surface area (Å²) in [5.41, 5.74) is 0.395. The molecule has 1 aromatic rings. The van der Waals surface area contributed by atoms with Crippen molar-refractivity contribution in [3.8, 4) is 0 Å². The van der Waals surface area contributed by atoms with E-state index in [9.17, 15) is 14.9 Å². The van der Waals surface area contributed by atoms with Gasteiger partial charge < -0.3 is 4.90 Å². The van der Waals surface area contributed by atoms with Gasteiger partial charge in [0.15, 0.2) is 0 Å². The van der Waals surface area contributed by atoms with E-state index in [2.05, 4.69) is 27.7 Å². The summed E-state index contributed by atoms with van der Waals surface area (Å²) in [6.07, 6.45) is 8.99. The molecule has 0 aliphatic rings. The number of non-ortho nitro benzene ring substituents is 1. The molecule has 0 spiro atoms. The molecule has 0 saturated carbocycles. The summed E-state index contributed by atoms with van der Waals surface area (Å²) in [6, 6.07) is 6.15. The molecule has 0 heterocycles. The number of carbonyl (C=O) groups excluding carboxylic acids is 1. The molecule has 0 aromatic heterocycles. The number of nitro benzene ring substituents is 1. The Morgan fingerprint density at radius 1 is 1.00 bits per heavy atom. The van der Waals surface area contributed by atoms with E-state index in [1.807, 2.05) is 4.90 Å². The van der Waals surface area contributed by atoms with E-state index >= 15 is 0 Å². The summed E-state index contributed by atoms with van der Waals surface area (Å²) < 4.78 is 0. The van der Waals surface area contributed by atoms with Crippen molar-refractivity contribution in [3.63, 3.8) is 0 Å². The van der Waals surface area contributed by atoms with Crippen LogP contribution in [0.25, 0.3) is 0 Å². The molecule has 5 nitrogen and oxygen atoms in total. The van der Waals surface area contributed by atoms with Crippen molar-refractivity contribution in [1.82, 2.24) is 4.90 Å². The van der Waals surface area contributed by atoms with E-state index in [1.54, 1.807) is 12.1 Å². The van der Waals surface area contributed by atoms with Crippen molar-refractivity contribution in [2.45, 2.75) is 79.1 Å². The van der Waals surface area contributed by atoms with Gasteiger partial charge in [0.05, 0.1) is 4.92 Å². The van der Waals surface area contributed by atoms with Crippen LogP contribution >= 0.6 is 0 Å². The smallest absolute Gasteiger partial charge is 0.270 e. The van der Waals surface area contributed by atoms with E-state index in [0.29, 0.717) is 17.4 Å². The Hall–Kier alpha value is -1.91. The normalized spacial score (nSPS) is 13.1. The van der Waals surface area contributed by atoms with Gasteiger partial charge in [0, 0.05) is 30.8 Å². The molecule has 158 valence electrons. The van der Waals surface area contributed by atoms with Gasteiger partial charge >= 0.3 is 0 Å². The highest BCUT2D eigenvalue weighted by atomic mass is 16.6. The first-order valence-corrected chi connectivity index (χ1v) is 11.0. The number of benzene rings is 1. The summed E-state index contributed by atoms with van der Waals surface area (Å²) in [4.78, 5) is 25.9. The van der Waals surface area contributed by atoms with Crippen LogP contribution in [0.5, 0.6) is 0 Å². The molecule has 2 atom stereocenters. The summed E-state index contributed by atoms with van der Waals surface area (Å²) >= 11 is 0. The van der Waals surface area contributed by atoms with E-state index < -0.39 is 4.92 Å². The Morgan fingerprint density at radius 2 is 1.54 bits per heavy atom. The third kappa shape index (κ3) is 7.99. The van der Waals surface area contributed by atoms with E-state index in [4.69, 9.17) is 0 Å². The maximum atomic E-state index is 13.3. The van der Waals surface area contributed by atoms with Gasteiger partial charge in [-0.2, -0.15) is 0 Å². The van der Waals surface area contributed by atoms with E-state index in [0.717, 1.165) is 51.6 Å². The Morgan fingerprint density at radius 3 is 1.96 bits per heavy atom. The molecule has 2 unspecified atom stereocenters. The molecule has 1 aromatic carbocycles. The molecule has 1 rings (SSSR count). The van der Waals surface area contributed by atoms with Crippen molar-refractivity contribution in [2.75, 3.05) is 13.1 Å². The number of hydrogen-bond acceptors (Lipinski definition) is 3. The fraction of sp³-hybridized carbons (Fsp3) is 0.696. The number of unbranched alkanes of at least 4 members (excludes halogenated alkanes) is 2. The molecule has 0 N–H and O–H groups in total. The summed E-state index contributed by atoms with van der Waals surface area (Å²) in [5, 5.41) is 11.1. The van der Waals surface area contributed by atoms with Crippen molar-refractivity contribution >= 4 is 11.6 Å². The number of hydrogen-bond donors (Lipinski definition) is 0. The SMILES string of the molecule is CCCCC(CC)CN(CC(CC)CCCC)C(=O)c1cccc([N+](=O)[O-])c1. The van der Waals surface area contributed by atoms with Crippen LogP contribution < -0.4 is 0 Å². The molecular formula is C23H38N2O3. The standard InChI is InChI=1S/C23H38N2O3/c1-5-9-12-19(7-3)17-24(18-20(8-4)13-10-6-2)23(26)21-14-11-15-22(16-21)25(27)28/h11,14-16,19-20H,5-10,12-13,17-18H2,1-4H3. The quantitative estimate of drug-likeness (QED) is 0.270. The molecule has 5 heteroatoms. The van der Waals surface area contributed by atoms with Gasteiger partial charge in [-0.05, 0) is 30.7 Å². The second kappa shape index (κ2) is 13.3. The highest BCUT2D eigenvalue weighted by molar-refractivity contribution is 5.94. The molecule has 0 aliphatic heterocycles. The van der Waals surface area contributed by atoms with Gasteiger partial charge in [-0.25, -0.2) is 0 Å². The lowest BCUT2D eigenvalue weighted by molar-refractivity contribution is -0.384. The van der Waals surface area contributed by atoms with Crippen LogP contribution in [-0.2, 0) is 0 Å². The fourth-order valence-electron chi connectivity index (χ4n) is 3.63. The Kier molecular flexibility index (Phi) is 11.5. The Balaban J connectivity index is 3.04. The lowest BCUT2D eigenvalue weighted by Crippen LogP contribution is -2.39. The molecule has 0 saturated heterocycles. The first-order chi connectivity index (χ1) is 13.5. The fourth-order valence-corrected chi connectivity index (χ4v) is 3.63. The third-order valence-electron chi connectivity index (χ3n) is 5.63. The largest absolute Gasteiger partial charge is 0.338 e. The zero-order chi connectivity index (χ0) is 20.9. The minimum Gasteiger partial charge on any atom is -0.338 e. The highest BCUT2D eigenvalue weighted by Gasteiger charge is 2.23. The summed E-state index contributed by atoms with van der Waals surface area (Å²) in [6.45, 7) is 10.2. The molecule has 1 amide bonds. The second-order valence-corrected chi connectivity index (χ2v) is 7.85. The molecular weight excluding hydrogens is 352 g/mol. The van der Waals surface area contributed by atoms with Crippen molar-refractivity contribution in [3.05, 3.63) is 39.9 Å². The monoisotopic (exact) mass is 390 g/mol. The van der Waals surface area contributed by atoms with Gasteiger partial charge in [0.25, 0.3) is 11.6 Å². The minimum absolute atomic E-state index is 0.0261. The van der Waals surface area contributed by atoms with Crippen molar-refractivity contribution in [2.24, 2.45) is 11.8 Å². The van der Waals surface area contributed by atoms with Crippen LogP contribution in [0.4, 0.5) is 5.69 Å². The van der Waals surface area contributed by atoms with Gasteiger partial charge in [-0.3, -0.25) is 14.9 Å². The molecule has 0 radical (unpaired) electrons. The Bertz CT molecular complexity index is 585. The number of carbonyl (C=O) groups is 1. The molecule has 28 heavy (non-hydrogen) atoms. The van der Waals surface area contributed by atoms with Gasteiger partial charge in [-0.15, -0.1) is 0 Å². The number of nitrogens with zero attached hydrogens (tertiary/aromatic N) is 2. The third-order valence-corrected chi connectivity index (χ3v) is 5.63. The second-order valence-electron chi connectivity index (χ2n) is 7.85. The maximum Gasteiger partial charge on any atom is 0.270 e. The summed E-state index contributed by atoms with van der Waals surface area (Å²) in [5.74, 6) is 0.881. The zero-order valence-corrected chi connectivity index (χ0v) is 18.2. The van der Waals surface area contributed by atoms with Crippen LogP contribution in [0.15, 0.2) is 24.3 Å². The first kappa shape index (κ1) is 24.1. The topological polar surface area (TPSA) is 63.5 Å². The minimum atomic E-state index is -0.437. The molecule has 0 bridgehead atoms. The average molecular weight is 391 g/mol. The van der Waals surface area contributed by atoms with Crippen LogP contribution in [0.3, 0.4) is 0 Å². The van der Waals surface area contributed by atoms with Crippen LogP contribution in [-0.4, -0.2) is 28.8 Å². The van der Waals surface area contributed by atoms with Gasteiger partial charge in [0.2, 0.25) is 0 Å². The number of rotatable bonds is 14. The zero-order valence-electron chi connectivity index (χ0n) is 18.2. The van der Waals surface area contributed by atoms with E-state index in [-0.39, 0.29) is 11.6 Å². The van der Waals surface area contributed by atoms with Crippen LogP contribution in [0.2, 0.25) is 0 Å². The predicted octanol–water partition coefficient (Wildman–Crippen LogP) is 6.47. The average Bonchev–Trinajstić information content (AvgIpc) is 2.72.